The zero-order chi connectivity index (χ0) is 16.2. The quantitative estimate of drug-likeness (QED) is 0.838. The highest BCUT2D eigenvalue weighted by Gasteiger charge is 2.35. The van der Waals surface area contributed by atoms with E-state index < -0.39 is 15.1 Å². The Bertz CT molecular complexity index is 534. The van der Waals surface area contributed by atoms with Crippen LogP contribution in [0.3, 0.4) is 0 Å². The second-order valence-corrected chi connectivity index (χ2v) is 8.85. The lowest BCUT2D eigenvalue weighted by Crippen LogP contribution is -2.40. The zero-order valence-electron chi connectivity index (χ0n) is 14.1. The fourth-order valence-corrected chi connectivity index (χ4v) is 4.52. The van der Waals surface area contributed by atoms with Crippen molar-refractivity contribution in [1.29, 1.82) is 0 Å². The van der Waals surface area contributed by atoms with Crippen LogP contribution in [0.5, 0.6) is 0 Å². The summed E-state index contributed by atoms with van der Waals surface area (Å²) >= 11 is 0. The highest BCUT2D eigenvalue weighted by atomic mass is 32.2. The van der Waals surface area contributed by atoms with Gasteiger partial charge in [-0.1, -0.05) is 50.6 Å². The molecule has 0 radical (unpaired) electrons. The normalized spacial score (nSPS) is 16.7. The molecule has 1 aromatic carbocycles. The van der Waals surface area contributed by atoms with E-state index >= 15 is 0 Å². The first-order chi connectivity index (χ1) is 9.71. The average molecular weight is 311 g/mol. The summed E-state index contributed by atoms with van der Waals surface area (Å²) in [5.41, 5.74) is 2.22. The fourth-order valence-electron chi connectivity index (χ4n) is 2.46. The van der Waals surface area contributed by atoms with E-state index in [1.807, 2.05) is 65.8 Å². The van der Waals surface area contributed by atoms with Gasteiger partial charge >= 0.3 is 0 Å². The van der Waals surface area contributed by atoms with E-state index in [0.717, 1.165) is 12.1 Å². The summed E-state index contributed by atoms with van der Waals surface area (Å²) in [7, 11) is -3.18. The van der Waals surface area contributed by atoms with Gasteiger partial charge in [0.15, 0.2) is 9.84 Å². The molecule has 0 spiro atoms. The van der Waals surface area contributed by atoms with Gasteiger partial charge in [-0.3, -0.25) is 0 Å². The van der Waals surface area contributed by atoms with Gasteiger partial charge in [0, 0.05) is 6.04 Å². The number of hydrogen-bond acceptors (Lipinski definition) is 3. The number of sulfone groups is 1. The van der Waals surface area contributed by atoms with E-state index in [-0.39, 0.29) is 17.2 Å². The van der Waals surface area contributed by atoms with Crippen molar-refractivity contribution in [3.8, 4) is 0 Å². The molecule has 0 aromatic heterocycles. The third-order valence-corrected chi connectivity index (χ3v) is 7.19. The summed E-state index contributed by atoms with van der Waals surface area (Å²) in [6, 6.07) is 7.95. The smallest absolute Gasteiger partial charge is 0.157 e. The van der Waals surface area contributed by atoms with E-state index in [1.165, 1.54) is 5.56 Å². The second-order valence-electron chi connectivity index (χ2n) is 6.19. The van der Waals surface area contributed by atoms with Crippen LogP contribution in [-0.2, 0) is 9.84 Å². The summed E-state index contributed by atoms with van der Waals surface area (Å²) in [4.78, 5) is 0. The highest BCUT2D eigenvalue weighted by molar-refractivity contribution is 7.92. The van der Waals surface area contributed by atoms with Crippen LogP contribution >= 0.6 is 0 Å². The van der Waals surface area contributed by atoms with Gasteiger partial charge in [0.05, 0.1) is 10.5 Å². The molecular weight excluding hydrogens is 282 g/mol. The van der Waals surface area contributed by atoms with Gasteiger partial charge in [-0.25, -0.2) is 8.42 Å². The molecule has 21 heavy (non-hydrogen) atoms. The molecule has 0 fully saturated rings. The Balaban J connectivity index is 3.13. The van der Waals surface area contributed by atoms with Crippen LogP contribution in [0.2, 0.25) is 0 Å². The van der Waals surface area contributed by atoms with E-state index in [1.54, 1.807) is 0 Å². The predicted molar refractivity (Wildman–Crippen MR) is 90.3 cm³/mol. The minimum atomic E-state index is -3.18. The van der Waals surface area contributed by atoms with Gasteiger partial charge in [-0.15, -0.1) is 0 Å². The molecule has 120 valence electrons. The lowest BCUT2D eigenvalue weighted by atomic mass is 10.0. The first-order valence-corrected chi connectivity index (χ1v) is 9.35. The number of hydrogen-bond donors (Lipinski definition) is 1. The van der Waals surface area contributed by atoms with Crippen molar-refractivity contribution in [2.24, 2.45) is 5.92 Å². The average Bonchev–Trinajstić information content (AvgIpc) is 2.44. The molecule has 3 atom stereocenters. The van der Waals surface area contributed by atoms with E-state index in [4.69, 9.17) is 0 Å². The Kier molecular flexibility index (Phi) is 6.41. The summed E-state index contributed by atoms with van der Waals surface area (Å²) < 4.78 is 25.6. The molecule has 3 unspecified atom stereocenters. The molecule has 0 aliphatic carbocycles. The Morgan fingerprint density at radius 1 is 1.00 bits per heavy atom. The van der Waals surface area contributed by atoms with Crippen molar-refractivity contribution in [1.82, 2.24) is 5.32 Å². The molecule has 1 rings (SSSR count). The lowest BCUT2D eigenvalue weighted by Gasteiger charge is -2.29. The maximum atomic E-state index is 12.8. The molecule has 0 aliphatic heterocycles. The molecule has 3 nitrogen and oxygen atoms in total. The summed E-state index contributed by atoms with van der Waals surface area (Å²) in [5.74, 6) is 0.123. The largest absolute Gasteiger partial charge is 0.309 e. The van der Waals surface area contributed by atoms with Crippen LogP contribution in [0.4, 0.5) is 0 Å². The standard InChI is InChI=1S/C17H29NO2S/c1-7-18-17(16-10-8-13(4)9-11-16)15(6)21(19,20)14(5)12(2)3/h8-12,14-15,17-18H,7H2,1-6H3. The molecule has 0 bridgehead atoms. The molecule has 0 saturated carbocycles. The van der Waals surface area contributed by atoms with Crippen molar-refractivity contribution >= 4 is 9.84 Å². The molecule has 0 amide bonds. The fraction of sp³-hybridized carbons (Fsp3) is 0.647. The van der Waals surface area contributed by atoms with E-state index in [9.17, 15) is 8.42 Å². The first-order valence-electron chi connectivity index (χ1n) is 7.74. The van der Waals surface area contributed by atoms with Gasteiger partial charge in [0.25, 0.3) is 0 Å². The van der Waals surface area contributed by atoms with Gasteiger partial charge in [0.2, 0.25) is 0 Å². The molecule has 4 heteroatoms. The van der Waals surface area contributed by atoms with Crippen molar-refractivity contribution in [3.63, 3.8) is 0 Å². The summed E-state index contributed by atoms with van der Waals surface area (Å²) in [6.45, 7) is 12.3. The van der Waals surface area contributed by atoms with Crippen LogP contribution in [0.1, 0.15) is 51.8 Å². The van der Waals surface area contributed by atoms with Crippen molar-refractivity contribution in [3.05, 3.63) is 35.4 Å². The third kappa shape index (κ3) is 4.30. The molecule has 1 aromatic rings. The minimum Gasteiger partial charge on any atom is -0.309 e. The van der Waals surface area contributed by atoms with Crippen LogP contribution in [0.15, 0.2) is 24.3 Å². The van der Waals surface area contributed by atoms with Crippen LogP contribution in [0, 0.1) is 12.8 Å². The van der Waals surface area contributed by atoms with Gasteiger partial charge in [-0.05, 0) is 38.8 Å². The first kappa shape index (κ1) is 18.2. The maximum Gasteiger partial charge on any atom is 0.157 e. The third-order valence-electron chi connectivity index (χ3n) is 4.31. The van der Waals surface area contributed by atoms with E-state index in [2.05, 4.69) is 5.32 Å². The topological polar surface area (TPSA) is 46.2 Å². The Morgan fingerprint density at radius 2 is 1.52 bits per heavy atom. The molecule has 0 aliphatic rings. The highest BCUT2D eigenvalue weighted by Crippen LogP contribution is 2.27. The van der Waals surface area contributed by atoms with Gasteiger partial charge in [-0.2, -0.15) is 0 Å². The van der Waals surface area contributed by atoms with Crippen LogP contribution < -0.4 is 5.32 Å². The Hall–Kier alpha value is -0.870. The predicted octanol–water partition coefficient (Wildman–Crippen LogP) is 3.49. The molecular formula is C17H29NO2S. The monoisotopic (exact) mass is 311 g/mol. The second kappa shape index (κ2) is 7.41. The number of nitrogens with one attached hydrogen (secondary N) is 1. The zero-order valence-corrected chi connectivity index (χ0v) is 14.9. The van der Waals surface area contributed by atoms with Crippen molar-refractivity contribution in [2.45, 2.75) is 58.1 Å². The Morgan fingerprint density at radius 3 is 1.95 bits per heavy atom. The lowest BCUT2D eigenvalue weighted by molar-refractivity contribution is 0.489. The number of aryl methyl sites for hydroxylation is 1. The van der Waals surface area contributed by atoms with Gasteiger partial charge in [0.1, 0.15) is 0 Å². The van der Waals surface area contributed by atoms with Crippen molar-refractivity contribution in [2.75, 3.05) is 6.54 Å². The van der Waals surface area contributed by atoms with Crippen LogP contribution in [0.25, 0.3) is 0 Å². The minimum absolute atomic E-state index is 0.123. The molecule has 0 heterocycles. The van der Waals surface area contributed by atoms with Crippen molar-refractivity contribution < 1.29 is 8.42 Å². The summed E-state index contributed by atoms with van der Waals surface area (Å²) in [6.07, 6.45) is 0. The number of benzene rings is 1. The SMILES string of the molecule is CCNC(c1ccc(C)cc1)C(C)S(=O)(=O)C(C)C(C)C. The van der Waals surface area contributed by atoms with Gasteiger partial charge < -0.3 is 5.32 Å². The number of rotatable bonds is 7. The van der Waals surface area contributed by atoms with Crippen LogP contribution in [-0.4, -0.2) is 25.5 Å². The van der Waals surface area contributed by atoms with E-state index in [0.29, 0.717) is 0 Å². The molecule has 1 N–H and O–H groups in total. The summed E-state index contributed by atoms with van der Waals surface area (Å²) in [5, 5.41) is 2.56. The molecule has 0 saturated heterocycles. The Labute approximate surface area is 130 Å². The maximum absolute atomic E-state index is 12.8.